The Morgan fingerprint density at radius 2 is 2.08 bits per heavy atom. The highest BCUT2D eigenvalue weighted by Crippen LogP contribution is 2.20. The Bertz CT molecular complexity index is 164. The molecule has 76 valence electrons. The van der Waals surface area contributed by atoms with Crippen molar-refractivity contribution in [2.75, 3.05) is 18.4 Å². The summed E-state index contributed by atoms with van der Waals surface area (Å²) in [5.41, 5.74) is 0. The van der Waals surface area contributed by atoms with Crippen LogP contribution in [-0.4, -0.2) is 29.2 Å². The van der Waals surface area contributed by atoms with Crippen LogP contribution in [0.3, 0.4) is 0 Å². The zero-order valence-electron chi connectivity index (χ0n) is 8.26. The third kappa shape index (κ3) is 3.29. The largest absolute Gasteiger partial charge is 0.343 e. The van der Waals surface area contributed by atoms with Gasteiger partial charge in [-0.2, -0.15) is 0 Å². The first-order valence-corrected chi connectivity index (χ1v) is 6.23. The van der Waals surface area contributed by atoms with E-state index in [-0.39, 0.29) is 0 Å². The third-order valence-corrected chi connectivity index (χ3v) is 3.25. The summed E-state index contributed by atoms with van der Waals surface area (Å²) in [6.45, 7) is 4.19. The van der Waals surface area contributed by atoms with Gasteiger partial charge in [-0.1, -0.05) is 29.3 Å². The first-order valence-electron chi connectivity index (χ1n) is 5.11. The van der Waals surface area contributed by atoms with Crippen LogP contribution in [0.5, 0.6) is 0 Å². The maximum absolute atomic E-state index is 11.5. The lowest BCUT2D eigenvalue weighted by Gasteiger charge is -2.31. The fourth-order valence-electron chi connectivity index (χ4n) is 1.83. The second-order valence-corrected chi connectivity index (χ2v) is 4.46. The predicted molar refractivity (Wildman–Crippen MR) is 58.0 cm³/mol. The Balaban J connectivity index is 2.28. The van der Waals surface area contributed by atoms with Crippen LogP contribution in [0.1, 0.15) is 32.6 Å². The number of amides is 1. The second kappa shape index (κ2) is 5.63. The summed E-state index contributed by atoms with van der Waals surface area (Å²) in [4.78, 5) is 13.5. The number of halogens is 1. The highest BCUT2D eigenvalue weighted by Gasteiger charge is 2.20. The number of piperidine rings is 1. The molecule has 0 aromatic heterocycles. The molecule has 0 bridgehead atoms. The minimum atomic E-state index is 0.312. The van der Waals surface area contributed by atoms with E-state index in [2.05, 4.69) is 22.9 Å². The van der Waals surface area contributed by atoms with E-state index >= 15 is 0 Å². The van der Waals surface area contributed by atoms with Crippen molar-refractivity contribution < 1.29 is 4.79 Å². The molecule has 13 heavy (non-hydrogen) atoms. The molecule has 2 nitrogen and oxygen atoms in total. The average molecular weight is 248 g/mol. The number of likely N-dealkylation sites (tertiary alicyclic amines) is 1. The molecule has 0 N–H and O–H groups in total. The summed E-state index contributed by atoms with van der Waals surface area (Å²) in [7, 11) is 0. The van der Waals surface area contributed by atoms with Crippen molar-refractivity contribution in [3.63, 3.8) is 0 Å². The Morgan fingerprint density at radius 3 is 2.54 bits per heavy atom. The Hall–Kier alpha value is -0.0500. The summed E-state index contributed by atoms with van der Waals surface area (Å²) in [5.74, 6) is 1.17. The van der Waals surface area contributed by atoms with Crippen molar-refractivity contribution in [3.8, 4) is 0 Å². The number of hydrogen-bond donors (Lipinski definition) is 0. The SMILES string of the molecule is CCC1CCN(C(=O)CCBr)CC1. The fraction of sp³-hybridized carbons (Fsp3) is 0.900. The summed E-state index contributed by atoms with van der Waals surface area (Å²) < 4.78 is 0. The highest BCUT2D eigenvalue weighted by molar-refractivity contribution is 9.09. The van der Waals surface area contributed by atoms with Gasteiger partial charge in [0.25, 0.3) is 0 Å². The molecule has 0 aromatic carbocycles. The Kier molecular flexibility index (Phi) is 4.78. The third-order valence-electron chi connectivity index (χ3n) is 2.85. The van der Waals surface area contributed by atoms with E-state index in [9.17, 15) is 4.79 Å². The number of carbonyl (C=O) groups excluding carboxylic acids is 1. The van der Waals surface area contributed by atoms with Gasteiger partial charge in [-0.3, -0.25) is 4.79 Å². The van der Waals surface area contributed by atoms with Crippen LogP contribution < -0.4 is 0 Å². The van der Waals surface area contributed by atoms with Gasteiger partial charge >= 0.3 is 0 Å². The van der Waals surface area contributed by atoms with Gasteiger partial charge in [0.15, 0.2) is 0 Å². The van der Waals surface area contributed by atoms with Crippen LogP contribution in [0, 0.1) is 5.92 Å². The van der Waals surface area contributed by atoms with Crippen LogP contribution in [-0.2, 0) is 4.79 Å². The molecule has 0 spiro atoms. The quantitative estimate of drug-likeness (QED) is 0.702. The lowest BCUT2D eigenvalue weighted by atomic mass is 9.94. The standard InChI is InChI=1S/C10H18BrNO/c1-2-9-4-7-12(8-5-9)10(13)3-6-11/h9H,2-8H2,1H3. The monoisotopic (exact) mass is 247 g/mol. The van der Waals surface area contributed by atoms with E-state index in [4.69, 9.17) is 0 Å². The molecule has 1 rings (SSSR count). The molecule has 0 aromatic rings. The first-order chi connectivity index (χ1) is 6.27. The molecule has 0 saturated carbocycles. The number of nitrogens with zero attached hydrogens (tertiary/aromatic N) is 1. The molecule has 0 radical (unpaired) electrons. The predicted octanol–water partition coefficient (Wildman–Crippen LogP) is 2.42. The van der Waals surface area contributed by atoms with E-state index in [1.165, 1.54) is 19.3 Å². The zero-order valence-corrected chi connectivity index (χ0v) is 9.85. The van der Waals surface area contributed by atoms with E-state index in [0.717, 1.165) is 24.3 Å². The van der Waals surface area contributed by atoms with Gasteiger partial charge in [-0.05, 0) is 18.8 Å². The number of carbonyl (C=O) groups is 1. The molecule has 1 aliphatic heterocycles. The van der Waals surface area contributed by atoms with Crippen LogP contribution >= 0.6 is 15.9 Å². The van der Waals surface area contributed by atoms with Crippen molar-refractivity contribution in [1.82, 2.24) is 4.90 Å². The van der Waals surface area contributed by atoms with Crippen molar-refractivity contribution in [2.45, 2.75) is 32.6 Å². The van der Waals surface area contributed by atoms with E-state index in [0.29, 0.717) is 12.3 Å². The summed E-state index contributed by atoms with van der Waals surface area (Å²) in [6.07, 6.45) is 4.31. The van der Waals surface area contributed by atoms with Gasteiger partial charge in [0.05, 0.1) is 0 Å². The van der Waals surface area contributed by atoms with Gasteiger partial charge in [-0.25, -0.2) is 0 Å². The van der Waals surface area contributed by atoms with Crippen molar-refractivity contribution in [2.24, 2.45) is 5.92 Å². The molecule has 0 unspecified atom stereocenters. The molecule has 0 atom stereocenters. The van der Waals surface area contributed by atoms with Crippen LogP contribution in [0.4, 0.5) is 0 Å². The highest BCUT2D eigenvalue weighted by atomic mass is 79.9. The minimum absolute atomic E-state index is 0.312. The summed E-state index contributed by atoms with van der Waals surface area (Å²) in [6, 6.07) is 0. The van der Waals surface area contributed by atoms with Crippen molar-refractivity contribution in [3.05, 3.63) is 0 Å². The number of hydrogen-bond acceptors (Lipinski definition) is 1. The van der Waals surface area contributed by atoms with Crippen molar-refractivity contribution in [1.29, 1.82) is 0 Å². The molecular weight excluding hydrogens is 230 g/mol. The van der Waals surface area contributed by atoms with Gasteiger partial charge in [0.2, 0.25) is 5.91 Å². The Labute approximate surface area is 88.8 Å². The van der Waals surface area contributed by atoms with Crippen molar-refractivity contribution >= 4 is 21.8 Å². The first kappa shape index (κ1) is 11.0. The fourth-order valence-corrected chi connectivity index (χ4v) is 2.17. The van der Waals surface area contributed by atoms with Gasteiger partial charge in [0.1, 0.15) is 0 Å². The minimum Gasteiger partial charge on any atom is -0.343 e. The van der Waals surface area contributed by atoms with Gasteiger partial charge in [0, 0.05) is 24.8 Å². The van der Waals surface area contributed by atoms with Crippen LogP contribution in [0.15, 0.2) is 0 Å². The normalized spacial score (nSPS) is 19.1. The molecule has 1 amide bonds. The molecule has 1 fully saturated rings. The lowest BCUT2D eigenvalue weighted by molar-refractivity contribution is -0.132. The van der Waals surface area contributed by atoms with E-state index in [1.54, 1.807) is 0 Å². The molecule has 3 heteroatoms. The molecular formula is C10H18BrNO. The van der Waals surface area contributed by atoms with Crippen LogP contribution in [0.2, 0.25) is 0 Å². The maximum Gasteiger partial charge on any atom is 0.223 e. The summed E-state index contributed by atoms with van der Waals surface area (Å²) in [5, 5.41) is 0.791. The van der Waals surface area contributed by atoms with Gasteiger partial charge in [-0.15, -0.1) is 0 Å². The molecule has 1 saturated heterocycles. The maximum atomic E-state index is 11.5. The molecule has 1 aliphatic rings. The second-order valence-electron chi connectivity index (χ2n) is 3.67. The van der Waals surface area contributed by atoms with E-state index in [1.807, 2.05) is 4.90 Å². The number of rotatable bonds is 3. The summed E-state index contributed by atoms with van der Waals surface area (Å²) >= 11 is 3.29. The topological polar surface area (TPSA) is 20.3 Å². The Morgan fingerprint density at radius 1 is 1.46 bits per heavy atom. The average Bonchev–Trinajstić information content (AvgIpc) is 2.18. The van der Waals surface area contributed by atoms with E-state index < -0.39 is 0 Å². The molecule has 1 heterocycles. The molecule has 0 aliphatic carbocycles. The van der Waals surface area contributed by atoms with Gasteiger partial charge < -0.3 is 4.90 Å². The smallest absolute Gasteiger partial charge is 0.223 e. The number of alkyl halides is 1. The zero-order chi connectivity index (χ0) is 9.68. The lowest BCUT2D eigenvalue weighted by Crippen LogP contribution is -2.38. The van der Waals surface area contributed by atoms with Crippen LogP contribution in [0.25, 0.3) is 0 Å².